The van der Waals surface area contributed by atoms with E-state index in [0.29, 0.717) is 6.42 Å². The van der Waals surface area contributed by atoms with Crippen LogP contribution in [0.2, 0.25) is 0 Å². The molecule has 0 fully saturated rings. The Balaban J connectivity index is 1.98. The predicted molar refractivity (Wildman–Crippen MR) is 73.3 cm³/mol. The van der Waals surface area contributed by atoms with Gasteiger partial charge in [-0.25, -0.2) is 0 Å². The van der Waals surface area contributed by atoms with E-state index in [0.717, 1.165) is 23.9 Å². The molecule has 0 saturated heterocycles. The van der Waals surface area contributed by atoms with E-state index in [2.05, 4.69) is 21.2 Å². The smallest absolute Gasteiger partial charge is 0.224 e. The Kier molecular flexibility index (Phi) is 7.51. The van der Waals surface area contributed by atoms with Gasteiger partial charge in [0.25, 0.3) is 0 Å². The van der Waals surface area contributed by atoms with Crippen molar-refractivity contribution < 1.29 is 4.79 Å². The predicted octanol–water partition coefficient (Wildman–Crippen LogP) is 3.36. The number of hydrogen-bond donors (Lipinski definition) is 1. The highest BCUT2D eigenvalue weighted by Crippen LogP contribution is 2.06. The summed E-state index contributed by atoms with van der Waals surface area (Å²) in [5, 5.41) is 8.06. The van der Waals surface area contributed by atoms with Crippen LogP contribution in [0, 0.1) is 0 Å². The van der Waals surface area contributed by atoms with Gasteiger partial charge in [0.2, 0.25) is 5.91 Å². The first-order valence-corrected chi connectivity index (χ1v) is 7.73. The van der Waals surface area contributed by atoms with Crippen molar-refractivity contribution in [2.24, 2.45) is 0 Å². The quantitative estimate of drug-likeness (QED) is 0.579. The van der Waals surface area contributed by atoms with E-state index < -0.39 is 0 Å². The Morgan fingerprint density at radius 2 is 2.12 bits per heavy atom. The van der Waals surface area contributed by atoms with Crippen LogP contribution in [0.4, 0.5) is 0 Å². The number of amides is 1. The molecule has 0 aliphatic carbocycles. The fourth-order valence-electron chi connectivity index (χ4n) is 1.44. The molecule has 16 heavy (non-hydrogen) atoms. The topological polar surface area (TPSA) is 29.1 Å². The molecule has 0 saturated carbocycles. The Morgan fingerprint density at radius 1 is 1.31 bits per heavy atom. The van der Waals surface area contributed by atoms with Crippen molar-refractivity contribution in [3.63, 3.8) is 0 Å². The summed E-state index contributed by atoms with van der Waals surface area (Å²) in [7, 11) is 0. The summed E-state index contributed by atoms with van der Waals surface area (Å²) in [6, 6.07) is 2.00. The summed E-state index contributed by atoms with van der Waals surface area (Å²) in [5.41, 5.74) is 1.11. The van der Waals surface area contributed by atoms with Gasteiger partial charge >= 0.3 is 0 Å². The van der Waals surface area contributed by atoms with Crippen LogP contribution in [-0.4, -0.2) is 17.8 Å². The lowest BCUT2D eigenvalue weighted by atomic mass is 10.2. The standard InChI is InChI=1S/C12H18BrNOS/c13-6-3-1-2-4-7-14-12(15)9-11-5-8-16-10-11/h5,8,10H,1-4,6-7,9H2,(H,14,15). The number of rotatable bonds is 8. The normalized spacial score (nSPS) is 10.3. The highest BCUT2D eigenvalue weighted by Gasteiger charge is 2.02. The fourth-order valence-corrected chi connectivity index (χ4v) is 2.51. The summed E-state index contributed by atoms with van der Waals surface area (Å²) >= 11 is 5.04. The van der Waals surface area contributed by atoms with Gasteiger partial charge in [-0.1, -0.05) is 28.8 Å². The molecule has 1 aromatic rings. The molecule has 1 N–H and O–H groups in total. The maximum atomic E-state index is 11.5. The highest BCUT2D eigenvalue weighted by atomic mass is 79.9. The summed E-state index contributed by atoms with van der Waals surface area (Å²) < 4.78 is 0. The second-order valence-electron chi connectivity index (χ2n) is 3.76. The first-order valence-electron chi connectivity index (χ1n) is 5.66. The monoisotopic (exact) mass is 303 g/mol. The third-order valence-electron chi connectivity index (χ3n) is 2.33. The Bertz CT molecular complexity index is 287. The second-order valence-corrected chi connectivity index (χ2v) is 5.33. The van der Waals surface area contributed by atoms with Crippen molar-refractivity contribution in [2.45, 2.75) is 32.1 Å². The summed E-state index contributed by atoms with van der Waals surface area (Å²) in [6.07, 6.45) is 5.27. The van der Waals surface area contributed by atoms with E-state index in [1.54, 1.807) is 11.3 Å². The molecule has 0 aliphatic heterocycles. The minimum absolute atomic E-state index is 0.138. The number of halogens is 1. The van der Waals surface area contributed by atoms with Gasteiger partial charge in [0.1, 0.15) is 0 Å². The third-order valence-corrected chi connectivity index (χ3v) is 3.62. The van der Waals surface area contributed by atoms with Crippen LogP contribution >= 0.6 is 27.3 Å². The lowest BCUT2D eigenvalue weighted by molar-refractivity contribution is -0.120. The van der Waals surface area contributed by atoms with Crippen LogP contribution in [0.1, 0.15) is 31.2 Å². The molecule has 4 heteroatoms. The number of thiophene rings is 1. The molecule has 0 atom stereocenters. The number of carbonyl (C=O) groups is 1. The molecule has 1 heterocycles. The lowest BCUT2D eigenvalue weighted by Crippen LogP contribution is -2.25. The summed E-state index contributed by atoms with van der Waals surface area (Å²) in [6.45, 7) is 0.811. The van der Waals surface area contributed by atoms with Gasteiger partial charge in [-0.05, 0) is 35.2 Å². The first kappa shape index (κ1) is 13.7. The highest BCUT2D eigenvalue weighted by molar-refractivity contribution is 9.09. The molecule has 0 aromatic carbocycles. The van der Waals surface area contributed by atoms with Gasteiger partial charge in [0.15, 0.2) is 0 Å². The number of alkyl halides is 1. The second kappa shape index (κ2) is 8.76. The molecule has 90 valence electrons. The minimum Gasteiger partial charge on any atom is -0.356 e. The van der Waals surface area contributed by atoms with Crippen molar-refractivity contribution in [1.82, 2.24) is 5.32 Å². The van der Waals surface area contributed by atoms with Gasteiger partial charge in [-0.2, -0.15) is 11.3 Å². The Labute approximate surface area is 110 Å². The molecule has 1 aromatic heterocycles. The van der Waals surface area contributed by atoms with E-state index >= 15 is 0 Å². The SMILES string of the molecule is O=C(Cc1ccsc1)NCCCCCCBr. The van der Waals surface area contributed by atoms with E-state index in [1.165, 1.54) is 19.3 Å². The zero-order valence-electron chi connectivity index (χ0n) is 9.38. The van der Waals surface area contributed by atoms with Crippen LogP contribution in [0.3, 0.4) is 0 Å². The zero-order valence-corrected chi connectivity index (χ0v) is 11.8. The van der Waals surface area contributed by atoms with Crippen molar-refractivity contribution in [3.05, 3.63) is 22.4 Å². The van der Waals surface area contributed by atoms with Crippen LogP contribution in [0.5, 0.6) is 0 Å². The van der Waals surface area contributed by atoms with Crippen molar-refractivity contribution >= 4 is 33.2 Å². The number of unbranched alkanes of at least 4 members (excludes halogenated alkanes) is 3. The average molecular weight is 304 g/mol. The van der Waals surface area contributed by atoms with Gasteiger partial charge in [-0.15, -0.1) is 0 Å². The molecule has 1 rings (SSSR count). The molecule has 0 spiro atoms. The van der Waals surface area contributed by atoms with Gasteiger partial charge in [0.05, 0.1) is 6.42 Å². The van der Waals surface area contributed by atoms with Crippen molar-refractivity contribution in [2.75, 3.05) is 11.9 Å². The molecule has 1 amide bonds. The number of nitrogens with one attached hydrogen (secondary N) is 1. The molecule has 0 aliphatic rings. The third kappa shape index (κ3) is 6.28. The Morgan fingerprint density at radius 3 is 2.81 bits per heavy atom. The number of carbonyl (C=O) groups excluding carboxylic acids is 1. The van der Waals surface area contributed by atoms with Crippen molar-refractivity contribution in [3.8, 4) is 0 Å². The molecule has 2 nitrogen and oxygen atoms in total. The molecule has 0 bridgehead atoms. The minimum atomic E-state index is 0.138. The molecular formula is C12H18BrNOS. The van der Waals surface area contributed by atoms with E-state index in [-0.39, 0.29) is 5.91 Å². The molecular weight excluding hydrogens is 286 g/mol. The van der Waals surface area contributed by atoms with E-state index in [4.69, 9.17) is 0 Å². The lowest BCUT2D eigenvalue weighted by Gasteiger charge is -2.03. The summed E-state index contributed by atoms with van der Waals surface area (Å²) in [4.78, 5) is 11.5. The molecule has 0 radical (unpaired) electrons. The van der Waals surface area contributed by atoms with Crippen LogP contribution in [0.15, 0.2) is 16.8 Å². The van der Waals surface area contributed by atoms with Crippen molar-refractivity contribution in [1.29, 1.82) is 0 Å². The van der Waals surface area contributed by atoms with Crippen LogP contribution in [0.25, 0.3) is 0 Å². The summed E-state index contributed by atoms with van der Waals surface area (Å²) in [5.74, 6) is 0.138. The maximum absolute atomic E-state index is 11.5. The average Bonchev–Trinajstić information content (AvgIpc) is 2.76. The largest absolute Gasteiger partial charge is 0.356 e. The van der Waals surface area contributed by atoms with E-state index in [1.807, 2.05) is 16.8 Å². The molecule has 0 unspecified atom stereocenters. The first-order chi connectivity index (χ1) is 7.83. The van der Waals surface area contributed by atoms with Gasteiger partial charge in [-0.3, -0.25) is 4.79 Å². The number of hydrogen-bond acceptors (Lipinski definition) is 2. The van der Waals surface area contributed by atoms with Gasteiger partial charge < -0.3 is 5.32 Å². The van der Waals surface area contributed by atoms with Gasteiger partial charge in [0, 0.05) is 11.9 Å². The fraction of sp³-hybridized carbons (Fsp3) is 0.583. The Hall–Kier alpha value is -0.350. The van der Waals surface area contributed by atoms with Crippen LogP contribution < -0.4 is 5.32 Å². The zero-order chi connectivity index (χ0) is 11.6. The van der Waals surface area contributed by atoms with E-state index in [9.17, 15) is 4.79 Å². The van der Waals surface area contributed by atoms with Crippen LogP contribution in [-0.2, 0) is 11.2 Å². The maximum Gasteiger partial charge on any atom is 0.224 e.